The van der Waals surface area contributed by atoms with Gasteiger partial charge < -0.3 is 19.3 Å². The minimum Gasteiger partial charge on any atom is -0.462 e. The number of phosphoric acid groups is 1. The molecule has 2 N–H and O–H groups in total. The Morgan fingerprint density at radius 3 is 1.45 bits per heavy atom. The summed E-state index contributed by atoms with van der Waals surface area (Å²) in [7, 11) is -4.75. The van der Waals surface area contributed by atoms with Crippen LogP contribution in [0.4, 0.5) is 0 Å². The summed E-state index contributed by atoms with van der Waals surface area (Å²) >= 11 is 0. The zero-order valence-electron chi connectivity index (χ0n) is 28.1. The van der Waals surface area contributed by atoms with Gasteiger partial charge >= 0.3 is 19.8 Å². The Kier molecular flexibility index (Phi) is 30.5. The quantitative estimate of drug-likeness (QED) is 0.0321. The summed E-state index contributed by atoms with van der Waals surface area (Å²) in [6, 6.07) is 0. The van der Waals surface area contributed by atoms with Gasteiger partial charge in [0.05, 0.1) is 6.61 Å². The molecule has 0 aliphatic rings. The maximum Gasteiger partial charge on any atom is 0.469 e. The van der Waals surface area contributed by atoms with Gasteiger partial charge in [-0.2, -0.15) is 0 Å². The van der Waals surface area contributed by atoms with E-state index in [1.54, 1.807) is 0 Å². The molecule has 0 saturated carbocycles. The SMILES string of the molecule is CCCC/C=C\CCCCCCCC(=O)OCC(COP(=O)(O)O)OC(=O)CCCCCCC/C=C\CCCCCCCC. The number of carbonyl (C=O) groups excluding carboxylic acids is 2. The first-order valence-corrected chi connectivity index (χ1v) is 19.2. The van der Waals surface area contributed by atoms with Gasteiger partial charge in [0.1, 0.15) is 6.61 Å². The molecule has 0 aromatic carbocycles. The van der Waals surface area contributed by atoms with Gasteiger partial charge in [0.25, 0.3) is 0 Å². The van der Waals surface area contributed by atoms with E-state index < -0.39 is 32.5 Å². The molecule has 0 fully saturated rings. The molecule has 0 aliphatic carbocycles. The third-order valence-electron chi connectivity index (χ3n) is 7.44. The van der Waals surface area contributed by atoms with Crippen molar-refractivity contribution in [1.29, 1.82) is 0 Å². The monoisotopic (exact) mass is 644 g/mol. The highest BCUT2D eigenvalue weighted by Crippen LogP contribution is 2.36. The van der Waals surface area contributed by atoms with Gasteiger partial charge in [-0.15, -0.1) is 0 Å². The van der Waals surface area contributed by atoms with Crippen molar-refractivity contribution in [2.24, 2.45) is 0 Å². The van der Waals surface area contributed by atoms with Crippen LogP contribution in [-0.4, -0.2) is 41.0 Å². The Hall–Kier alpha value is -1.47. The molecule has 0 heterocycles. The van der Waals surface area contributed by atoms with Crippen LogP contribution in [0.3, 0.4) is 0 Å². The van der Waals surface area contributed by atoms with Gasteiger partial charge in [-0.05, 0) is 57.8 Å². The summed E-state index contributed by atoms with van der Waals surface area (Å²) in [5, 5.41) is 0. The Labute approximate surface area is 269 Å². The van der Waals surface area contributed by atoms with Crippen molar-refractivity contribution >= 4 is 19.8 Å². The van der Waals surface area contributed by atoms with Gasteiger partial charge in [0, 0.05) is 12.8 Å². The fourth-order valence-corrected chi connectivity index (χ4v) is 5.12. The molecule has 0 aromatic rings. The molecule has 1 atom stereocenters. The first kappa shape index (κ1) is 42.5. The number of carbonyl (C=O) groups is 2. The molecule has 0 radical (unpaired) electrons. The van der Waals surface area contributed by atoms with Crippen molar-refractivity contribution in [3.63, 3.8) is 0 Å². The number of rotatable bonds is 32. The van der Waals surface area contributed by atoms with Crippen molar-refractivity contribution in [3.05, 3.63) is 24.3 Å². The van der Waals surface area contributed by atoms with Crippen molar-refractivity contribution in [2.45, 2.75) is 174 Å². The van der Waals surface area contributed by atoms with Crippen LogP contribution in [0, 0.1) is 0 Å². The molecule has 0 rings (SSSR count). The van der Waals surface area contributed by atoms with Crippen LogP contribution in [0.15, 0.2) is 24.3 Å². The fraction of sp³-hybridized carbons (Fsp3) is 0.829. The van der Waals surface area contributed by atoms with E-state index in [0.717, 1.165) is 70.6 Å². The Balaban J connectivity index is 4.01. The van der Waals surface area contributed by atoms with E-state index in [4.69, 9.17) is 19.3 Å². The lowest BCUT2D eigenvalue weighted by Gasteiger charge is -2.18. The fourth-order valence-electron chi connectivity index (χ4n) is 4.76. The van der Waals surface area contributed by atoms with E-state index in [2.05, 4.69) is 42.7 Å². The van der Waals surface area contributed by atoms with Crippen LogP contribution in [0.5, 0.6) is 0 Å². The van der Waals surface area contributed by atoms with Crippen molar-refractivity contribution < 1.29 is 37.9 Å². The number of hydrogen-bond donors (Lipinski definition) is 2. The van der Waals surface area contributed by atoms with Crippen LogP contribution in [0.25, 0.3) is 0 Å². The van der Waals surface area contributed by atoms with Crippen LogP contribution < -0.4 is 0 Å². The van der Waals surface area contributed by atoms with Crippen molar-refractivity contribution in [3.8, 4) is 0 Å². The predicted molar refractivity (Wildman–Crippen MR) is 179 cm³/mol. The Bertz CT molecular complexity index is 777. The van der Waals surface area contributed by atoms with Crippen LogP contribution in [0.2, 0.25) is 0 Å². The molecule has 44 heavy (non-hydrogen) atoms. The summed E-state index contributed by atoms with van der Waals surface area (Å²) in [6.45, 7) is 3.61. The zero-order valence-corrected chi connectivity index (χ0v) is 29.0. The second kappa shape index (κ2) is 31.5. The number of allylic oxidation sites excluding steroid dienone is 4. The van der Waals surface area contributed by atoms with Gasteiger partial charge in [-0.3, -0.25) is 14.1 Å². The maximum absolute atomic E-state index is 12.3. The lowest BCUT2D eigenvalue weighted by Crippen LogP contribution is -2.29. The van der Waals surface area contributed by atoms with Crippen molar-refractivity contribution in [1.82, 2.24) is 0 Å². The third kappa shape index (κ3) is 33.4. The van der Waals surface area contributed by atoms with E-state index in [0.29, 0.717) is 12.8 Å². The van der Waals surface area contributed by atoms with E-state index in [9.17, 15) is 14.2 Å². The van der Waals surface area contributed by atoms with Gasteiger partial charge in [0.2, 0.25) is 0 Å². The molecular weight excluding hydrogens is 579 g/mol. The van der Waals surface area contributed by atoms with Gasteiger partial charge in [0.15, 0.2) is 6.10 Å². The highest BCUT2D eigenvalue weighted by molar-refractivity contribution is 7.46. The second-order valence-corrected chi connectivity index (χ2v) is 13.1. The van der Waals surface area contributed by atoms with Gasteiger partial charge in [-0.25, -0.2) is 4.57 Å². The highest BCUT2D eigenvalue weighted by Gasteiger charge is 2.22. The standard InChI is InChI=1S/C35H65O8P/c1-3-5-7-9-11-13-15-16-17-18-20-22-24-26-28-30-35(37)43-33(32-42-44(38,39)40)31-41-34(36)29-27-25-23-21-19-14-12-10-8-6-4-2/h10,12,16-17,33H,3-9,11,13-15,18-32H2,1-2H3,(H2,38,39,40)/b12-10-,17-16-. The summed E-state index contributed by atoms with van der Waals surface area (Å²) in [6.07, 6.45) is 33.3. The van der Waals surface area contributed by atoms with Gasteiger partial charge in [-0.1, -0.05) is 122 Å². The summed E-state index contributed by atoms with van der Waals surface area (Å²) in [5.74, 6) is -0.906. The molecule has 9 heteroatoms. The number of ether oxygens (including phenoxy) is 2. The molecule has 0 saturated heterocycles. The molecule has 0 amide bonds. The average molecular weight is 645 g/mol. The highest BCUT2D eigenvalue weighted by atomic mass is 31.2. The Morgan fingerprint density at radius 2 is 0.977 bits per heavy atom. The molecule has 0 bridgehead atoms. The maximum atomic E-state index is 12.3. The molecule has 1 unspecified atom stereocenters. The molecule has 0 aromatic heterocycles. The molecule has 258 valence electrons. The van der Waals surface area contributed by atoms with E-state index in [-0.39, 0.29) is 19.4 Å². The summed E-state index contributed by atoms with van der Waals surface area (Å²) in [4.78, 5) is 42.5. The lowest BCUT2D eigenvalue weighted by molar-refractivity contribution is -0.161. The van der Waals surface area contributed by atoms with Crippen LogP contribution >= 0.6 is 7.82 Å². The predicted octanol–water partition coefficient (Wildman–Crippen LogP) is 10.1. The number of unbranched alkanes of at least 4 members (excludes halogenated alkanes) is 18. The number of phosphoric ester groups is 1. The minimum atomic E-state index is -4.75. The molecular formula is C35H65O8P. The molecule has 0 aliphatic heterocycles. The number of esters is 2. The zero-order chi connectivity index (χ0) is 32.6. The molecule has 8 nitrogen and oxygen atoms in total. The largest absolute Gasteiger partial charge is 0.469 e. The van der Waals surface area contributed by atoms with E-state index >= 15 is 0 Å². The third-order valence-corrected chi connectivity index (χ3v) is 7.93. The first-order valence-electron chi connectivity index (χ1n) is 17.6. The average Bonchev–Trinajstić information content (AvgIpc) is 2.98. The first-order chi connectivity index (χ1) is 21.3. The second-order valence-electron chi connectivity index (χ2n) is 11.8. The van der Waals surface area contributed by atoms with Crippen molar-refractivity contribution in [2.75, 3.05) is 13.2 Å². The lowest BCUT2D eigenvalue weighted by atomic mass is 10.1. The summed E-state index contributed by atoms with van der Waals surface area (Å²) < 4.78 is 26.2. The van der Waals surface area contributed by atoms with Crippen LogP contribution in [0.1, 0.15) is 168 Å². The number of hydrogen-bond acceptors (Lipinski definition) is 6. The summed E-state index contributed by atoms with van der Waals surface area (Å²) in [5.41, 5.74) is 0. The minimum absolute atomic E-state index is 0.201. The van der Waals surface area contributed by atoms with Crippen LogP contribution in [-0.2, 0) is 28.2 Å². The van der Waals surface area contributed by atoms with E-state index in [1.807, 2.05) is 0 Å². The normalized spacial score (nSPS) is 12.7. The smallest absolute Gasteiger partial charge is 0.462 e. The topological polar surface area (TPSA) is 119 Å². The van der Waals surface area contributed by atoms with E-state index in [1.165, 1.54) is 57.8 Å². The Morgan fingerprint density at radius 1 is 0.568 bits per heavy atom. The molecule has 0 spiro atoms.